The van der Waals surface area contributed by atoms with E-state index in [1.54, 1.807) is 6.07 Å². The Kier molecular flexibility index (Phi) is 4.81. The van der Waals surface area contributed by atoms with Crippen LogP contribution in [0.3, 0.4) is 0 Å². The lowest BCUT2D eigenvalue weighted by atomic mass is 9.86. The Bertz CT molecular complexity index is 525. The zero-order valence-electron chi connectivity index (χ0n) is 11.1. The molecule has 0 radical (unpaired) electrons. The minimum Gasteiger partial charge on any atom is -0.481 e. The molecule has 1 aromatic carbocycles. The minimum absolute atomic E-state index is 0.0458. The summed E-state index contributed by atoms with van der Waals surface area (Å²) in [6, 6.07) is 3.88. The second-order valence-corrected chi connectivity index (χ2v) is 6.13. The Balaban J connectivity index is 2.09. The van der Waals surface area contributed by atoms with Crippen molar-refractivity contribution in [3.05, 3.63) is 28.2 Å². The highest BCUT2D eigenvalue weighted by Gasteiger charge is 2.35. The first kappa shape index (κ1) is 16.1. The molecule has 0 atom stereocenters. The molecule has 0 aromatic heterocycles. The smallest absolute Gasteiger partial charge is 0.418 e. The average Bonchev–Trinajstić information content (AvgIpc) is 2.40. The fraction of sp³-hybridized carbons (Fsp3) is 0.500. The van der Waals surface area contributed by atoms with E-state index in [-0.39, 0.29) is 17.6 Å². The van der Waals surface area contributed by atoms with E-state index in [2.05, 4.69) is 21.2 Å². The van der Waals surface area contributed by atoms with E-state index in [9.17, 15) is 18.0 Å². The molecule has 3 nitrogen and oxygen atoms in total. The van der Waals surface area contributed by atoms with Crippen molar-refractivity contribution in [2.45, 2.75) is 37.9 Å². The van der Waals surface area contributed by atoms with E-state index in [1.165, 1.54) is 6.07 Å². The summed E-state index contributed by atoms with van der Waals surface area (Å²) in [5.41, 5.74) is -0.665. The molecule has 0 heterocycles. The predicted octanol–water partition coefficient (Wildman–Crippen LogP) is 4.52. The molecule has 0 amide bonds. The van der Waals surface area contributed by atoms with Gasteiger partial charge in [-0.05, 0) is 43.9 Å². The van der Waals surface area contributed by atoms with Gasteiger partial charge in [0.15, 0.2) is 0 Å². The second-order valence-electron chi connectivity index (χ2n) is 5.22. The topological polar surface area (TPSA) is 49.3 Å². The van der Waals surface area contributed by atoms with Crippen LogP contribution in [0.2, 0.25) is 0 Å². The number of hydrogen-bond donors (Lipinski definition) is 2. The molecule has 1 aliphatic rings. The van der Waals surface area contributed by atoms with Crippen LogP contribution in [0.25, 0.3) is 0 Å². The van der Waals surface area contributed by atoms with Crippen molar-refractivity contribution in [3.8, 4) is 0 Å². The molecule has 2 rings (SSSR count). The number of carboxylic acid groups (broad SMARTS) is 1. The van der Waals surface area contributed by atoms with Crippen LogP contribution >= 0.6 is 15.9 Å². The van der Waals surface area contributed by atoms with Crippen molar-refractivity contribution in [1.29, 1.82) is 0 Å². The maximum Gasteiger partial charge on any atom is 0.418 e. The maximum atomic E-state index is 13.0. The molecule has 7 heteroatoms. The Hall–Kier alpha value is -1.24. The molecule has 0 saturated heterocycles. The third-order valence-corrected chi connectivity index (χ3v) is 4.22. The van der Waals surface area contributed by atoms with Crippen LogP contribution in [0.5, 0.6) is 0 Å². The molecule has 0 aliphatic heterocycles. The van der Waals surface area contributed by atoms with E-state index in [0.29, 0.717) is 30.2 Å². The minimum atomic E-state index is -4.43. The summed E-state index contributed by atoms with van der Waals surface area (Å²) < 4.78 is 39.4. The monoisotopic (exact) mass is 365 g/mol. The first-order chi connectivity index (χ1) is 9.77. The molecule has 1 fully saturated rings. The van der Waals surface area contributed by atoms with Gasteiger partial charge in [-0.1, -0.05) is 15.9 Å². The van der Waals surface area contributed by atoms with Gasteiger partial charge in [-0.3, -0.25) is 4.79 Å². The molecule has 0 unspecified atom stereocenters. The number of rotatable bonds is 3. The van der Waals surface area contributed by atoms with Gasteiger partial charge >= 0.3 is 12.1 Å². The lowest BCUT2D eigenvalue weighted by Gasteiger charge is -2.28. The zero-order valence-corrected chi connectivity index (χ0v) is 12.7. The molecule has 21 heavy (non-hydrogen) atoms. The largest absolute Gasteiger partial charge is 0.481 e. The highest BCUT2D eigenvalue weighted by atomic mass is 79.9. The molecular weight excluding hydrogens is 351 g/mol. The van der Waals surface area contributed by atoms with E-state index in [1.807, 2.05) is 0 Å². The van der Waals surface area contributed by atoms with Gasteiger partial charge in [-0.25, -0.2) is 0 Å². The number of carbonyl (C=O) groups is 1. The van der Waals surface area contributed by atoms with E-state index < -0.39 is 17.7 Å². The van der Waals surface area contributed by atoms with Crippen molar-refractivity contribution < 1.29 is 23.1 Å². The standard InChI is InChI=1S/C14H15BrF3NO2/c15-9-3-6-12(11(7-9)14(16,17)18)19-10-4-1-8(2-5-10)13(20)21/h3,6-8,10,19H,1-2,4-5H2,(H,20,21). The average molecular weight is 366 g/mol. The van der Waals surface area contributed by atoms with Gasteiger partial charge in [0.05, 0.1) is 11.5 Å². The number of halogens is 4. The SMILES string of the molecule is O=C(O)C1CCC(Nc2ccc(Br)cc2C(F)(F)F)CC1. The van der Waals surface area contributed by atoms with E-state index >= 15 is 0 Å². The van der Waals surface area contributed by atoms with Gasteiger partial charge in [-0.15, -0.1) is 0 Å². The Morgan fingerprint density at radius 2 is 1.86 bits per heavy atom. The Labute approximate surface area is 128 Å². The molecule has 0 spiro atoms. The van der Waals surface area contributed by atoms with Crippen molar-refractivity contribution >= 4 is 27.6 Å². The number of alkyl halides is 3. The van der Waals surface area contributed by atoms with Gasteiger partial charge < -0.3 is 10.4 Å². The molecular formula is C14H15BrF3NO2. The number of benzene rings is 1. The van der Waals surface area contributed by atoms with Crippen LogP contribution < -0.4 is 5.32 Å². The lowest BCUT2D eigenvalue weighted by Crippen LogP contribution is -2.30. The van der Waals surface area contributed by atoms with Crippen LogP contribution in [-0.2, 0) is 11.0 Å². The first-order valence-electron chi connectivity index (χ1n) is 6.63. The van der Waals surface area contributed by atoms with Gasteiger partial charge in [0.2, 0.25) is 0 Å². The summed E-state index contributed by atoms with van der Waals surface area (Å²) in [7, 11) is 0. The second kappa shape index (κ2) is 6.25. The summed E-state index contributed by atoms with van der Waals surface area (Å²) in [6.45, 7) is 0. The van der Waals surface area contributed by atoms with Gasteiger partial charge in [0.1, 0.15) is 0 Å². The van der Waals surface area contributed by atoms with Crippen LogP contribution in [0.1, 0.15) is 31.2 Å². The molecule has 1 aromatic rings. The highest BCUT2D eigenvalue weighted by Crippen LogP contribution is 2.38. The molecule has 1 saturated carbocycles. The van der Waals surface area contributed by atoms with Gasteiger partial charge in [-0.2, -0.15) is 13.2 Å². The molecule has 0 bridgehead atoms. The normalized spacial score (nSPS) is 22.9. The summed E-state index contributed by atoms with van der Waals surface area (Å²) in [5, 5.41) is 11.8. The van der Waals surface area contributed by atoms with Crippen LogP contribution in [0, 0.1) is 5.92 Å². The quantitative estimate of drug-likeness (QED) is 0.827. The lowest BCUT2D eigenvalue weighted by molar-refractivity contribution is -0.142. The number of aliphatic carboxylic acids is 1. The number of carboxylic acids is 1. The third-order valence-electron chi connectivity index (χ3n) is 3.72. The Morgan fingerprint density at radius 3 is 2.38 bits per heavy atom. The summed E-state index contributed by atoms with van der Waals surface area (Å²) in [6.07, 6.45) is -2.32. The number of nitrogens with one attached hydrogen (secondary N) is 1. The summed E-state index contributed by atoms with van der Waals surface area (Å²) >= 11 is 3.04. The van der Waals surface area contributed by atoms with Crippen molar-refractivity contribution in [1.82, 2.24) is 0 Å². The highest BCUT2D eigenvalue weighted by molar-refractivity contribution is 9.10. The van der Waals surface area contributed by atoms with Crippen molar-refractivity contribution in [2.75, 3.05) is 5.32 Å². The van der Waals surface area contributed by atoms with Crippen molar-refractivity contribution in [2.24, 2.45) is 5.92 Å². The summed E-state index contributed by atoms with van der Waals surface area (Å²) in [5.74, 6) is -1.21. The van der Waals surface area contributed by atoms with Crippen LogP contribution in [-0.4, -0.2) is 17.1 Å². The third kappa shape index (κ3) is 4.12. The molecule has 1 aliphatic carbocycles. The fourth-order valence-corrected chi connectivity index (χ4v) is 2.94. The van der Waals surface area contributed by atoms with Crippen LogP contribution in [0.4, 0.5) is 18.9 Å². The van der Waals surface area contributed by atoms with E-state index in [4.69, 9.17) is 5.11 Å². The van der Waals surface area contributed by atoms with Gasteiger partial charge in [0.25, 0.3) is 0 Å². The summed E-state index contributed by atoms with van der Waals surface area (Å²) in [4.78, 5) is 10.9. The number of hydrogen-bond acceptors (Lipinski definition) is 2. The predicted molar refractivity (Wildman–Crippen MR) is 76.1 cm³/mol. The maximum absolute atomic E-state index is 13.0. The van der Waals surface area contributed by atoms with Crippen LogP contribution in [0.15, 0.2) is 22.7 Å². The Morgan fingerprint density at radius 1 is 1.24 bits per heavy atom. The first-order valence-corrected chi connectivity index (χ1v) is 7.43. The zero-order chi connectivity index (χ0) is 15.6. The molecule has 116 valence electrons. The van der Waals surface area contributed by atoms with E-state index in [0.717, 1.165) is 6.07 Å². The van der Waals surface area contributed by atoms with Gasteiger partial charge in [0, 0.05) is 16.2 Å². The fourth-order valence-electron chi connectivity index (χ4n) is 2.58. The van der Waals surface area contributed by atoms with Crippen molar-refractivity contribution in [3.63, 3.8) is 0 Å². The number of anilines is 1. The molecule has 2 N–H and O–H groups in total.